The predicted octanol–water partition coefficient (Wildman–Crippen LogP) is 0.799. The van der Waals surface area contributed by atoms with Gasteiger partial charge in [0, 0.05) is 12.6 Å². The lowest BCUT2D eigenvalue weighted by Gasteiger charge is -2.14. The molecule has 3 atom stereocenters. The van der Waals surface area contributed by atoms with Gasteiger partial charge in [0.25, 0.3) is 0 Å². The van der Waals surface area contributed by atoms with Crippen LogP contribution in [0.1, 0.15) is 31.2 Å². The molecule has 1 aliphatic rings. The summed E-state index contributed by atoms with van der Waals surface area (Å²) in [5.74, 6) is 1.18. The Bertz CT molecular complexity index is 481. The Balaban J connectivity index is 0.000000891. The molecule has 132 valence electrons. The molecular weight excluding hydrogens is 307 g/mol. The minimum Gasteiger partial charge on any atom is -0.427 e. The van der Waals surface area contributed by atoms with Gasteiger partial charge in [0.15, 0.2) is 0 Å². The van der Waals surface area contributed by atoms with Gasteiger partial charge in [-0.2, -0.15) is 9.59 Å². The van der Waals surface area contributed by atoms with Crippen molar-refractivity contribution < 1.29 is 19.6 Å². The Labute approximate surface area is 143 Å². The third-order valence-electron chi connectivity index (χ3n) is 4.49. The van der Waals surface area contributed by atoms with E-state index >= 15 is 0 Å². The highest BCUT2D eigenvalue weighted by Gasteiger charge is 2.31. The van der Waals surface area contributed by atoms with Gasteiger partial charge in [0.2, 0.25) is 0 Å². The van der Waals surface area contributed by atoms with Gasteiger partial charge in [-0.05, 0) is 49.5 Å². The Morgan fingerprint density at radius 2 is 1.88 bits per heavy atom. The van der Waals surface area contributed by atoms with E-state index in [4.69, 9.17) is 25.4 Å². The van der Waals surface area contributed by atoms with Crippen LogP contribution >= 0.6 is 0 Å². The Morgan fingerprint density at radius 1 is 1.21 bits per heavy atom. The lowest BCUT2D eigenvalue weighted by Crippen LogP contribution is -2.25. The fourth-order valence-electron chi connectivity index (χ4n) is 3.35. The fourth-order valence-corrected chi connectivity index (χ4v) is 3.35. The number of hydrogen-bond acceptors (Lipinski definition) is 6. The highest BCUT2D eigenvalue weighted by Crippen LogP contribution is 2.33. The van der Waals surface area contributed by atoms with Crippen molar-refractivity contribution in [1.82, 2.24) is 5.32 Å². The molecule has 0 radical (unpaired) electrons. The maximum absolute atomic E-state index is 8.88. The lowest BCUT2D eigenvalue weighted by atomic mass is 9.81. The third kappa shape index (κ3) is 8.38. The number of carbonyl (C=O) groups excluding carboxylic acids is 2. The molecule has 7 heteroatoms. The highest BCUT2D eigenvalue weighted by molar-refractivity contribution is 6.40. The average molecular weight is 334 g/mol. The van der Waals surface area contributed by atoms with Crippen LogP contribution in [0.4, 0.5) is 0 Å². The molecule has 1 aliphatic carbocycles. The van der Waals surface area contributed by atoms with Gasteiger partial charge in [-0.1, -0.05) is 36.8 Å². The molecule has 1 aromatic rings. The molecule has 0 amide bonds. The molecule has 0 aliphatic heterocycles. The molecule has 1 saturated carbocycles. The van der Waals surface area contributed by atoms with Gasteiger partial charge < -0.3 is 21.1 Å². The summed E-state index contributed by atoms with van der Waals surface area (Å²) in [5, 5.41) is 21.3. The van der Waals surface area contributed by atoms with Crippen LogP contribution in [0.3, 0.4) is 0 Å². The zero-order valence-electron chi connectivity index (χ0n) is 13.9. The molecule has 0 spiro atoms. The number of hydrogen-bond donors (Lipinski definition) is 4. The van der Waals surface area contributed by atoms with Gasteiger partial charge in [0.1, 0.15) is 0 Å². The topological polar surface area (TPSA) is 113 Å². The quantitative estimate of drug-likeness (QED) is 0.523. The number of rotatable bonds is 8. The van der Waals surface area contributed by atoms with E-state index in [1.54, 1.807) is 0 Å². The van der Waals surface area contributed by atoms with E-state index in [0.717, 1.165) is 38.8 Å². The van der Waals surface area contributed by atoms with Crippen molar-refractivity contribution in [2.45, 2.75) is 44.6 Å². The number of nitrogens with one attached hydrogen (secondary N) is 1. The summed E-state index contributed by atoms with van der Waals surface area (Å²) in [5.41, 5.74) is 7.53. The zero-order chi connectivity index (χ0) is 17.8. The van der Waals surface area contributed by atoms with Crippen LogP contribution in [0.2, 0.25) is 6.32 Å². The first-order chi connectivity index (χ1) is 11.6. The Morgan fingerprint density at radius 3 is 2.50 bits per heavy atom. The summed E-state index contributed by atoms with van der Waals surface area (Å²) in [6.07, 6.45) is 4.80. The van der Waals surface area contributed by atoms with Crippen molar-refractivity contribution in [2.24, 2.45) is 17.6 Å². The van der Waals surface area contributed by atoms with Gasteiger partial charge in [0.05, 0.1) is 0 Å². The van der Waals surface area contributed by atoms with E-state index in [1.165, 1.54) is 5.56 Å². The lowest BCUT2D eigenvalue weighted by molar-refractivity contribution is -0.191. The maximum Gasteiger partial charge on any atom is 0.451 e. The molecule has 0 aromatic heterocycles. The minimum atomic E-state index is -1.18. The molecule has 24 heavy (non-hydrogen) atoms. The summed E-state index contributed by atoms with van der Waals surface area (Å²) < 4.78 is 0. The normalized spacial score (nSPS) is 22.4. The van der Waals surface area contributed by atoms with Crippen LogP contribution in [-0.4, -0.2) is 35.9 Å². The second-order valence-electron chi connectivity index (χ2n) is 6.37. The first-order valence-corrected chi connectivity index (χ1v) is 8.42. The van der Waals surface area contributed by atoms with E-state index in [2.05, 4.69) is 29.6 Å². The second-order valence-corrected chi connectivity index (χ2v) is 6.37. The van der Waals surface area contributed by atoms with Crippen molar-refractivity contribution in [3.63, 3.8) is 0 Å². The Hall–Kier alpha value is -1.50. The van der Waals surface area contributed by atoms with Gasteiger partial charge >= 0.3 is 13.3 Å². The first kappa shape index (κ1) is 20.5. The highest BCUT2D eigenvalue weighted by atomic mass is 16.4. The van der Waals surface area contributed by atoms with Crippen molar-refractivity contribution in [3.05, 3.63) is 35.9 Å². The smallest absolute Gasteiger partial charge is 0.427 e. The molecule has 5 N–H and O–H groups in total. The van der Waals surface area contributed by atoms with E-state index in [0.29, 0.717) is 18.2 Å². The fraction of sp³-hybridized carbons (Fsp3) is 0.588. The van der Waals surface area contributed by atoms with Crippen LogP contribution < -0.4 is 11.1 Å². The molecule has 0 heterocycles. The maximum atomic E-state index is 8.88. The SMILES string of the molecule is N[C@H]1C[C@@H](CNCc2ccccc2)C[C@@H]1CCCB(O)O.O=C=O. The standard InChI is InChI=1S/C16H27BN2O2.CO2/c18-16-10-14(9-15(16)7-4-8-17(20)21)12-19-11-13-5-2-1-3-6-13;2-1-3/h1-3,5-6,14-16,19-21H,4,7-12,18H2;/t14-,15-,16-;/m0./s1. The predicted molar refractivity (Wildman–Crippen MR) is 91.6 cm³/mol. The van der Waals surface area contributed by atoms with Crippen molar-refractivity contribution in [3.8, 4) is 0 Å². The summed E-state index contributed by atoms with van der Waals surface area (Å²) in [7, 11) is -1.18. The van der Waals surface area contributed by atoms with E-state index < -0.39 is 7.12 Å². The van der Waals surface area contributed by atoms with Crippen LogP contribution in [0.25, 0.3) is 0 Å². The van der Waals surface area contributed by atoms with Crippen molar-refractivity contribution in [2.75, 3.05) is 6.54 Å². The van der Waals surface area contributed by atoms with E-state index in [9.17, 15) is 0 Å². The van der Waals surface area contributed by atoms with Crippen LogP contribution in [-0.2, 0) is 16.1 Å². The van der Waals surface area contributed by atoms with Crippen LogP contribution in [0, 0.1) is 11.8 Å². The minimum absolute atomic E-state index is 0.250. The van der Waals surface area contributed by atoms with Gasteiger partial charge in [-0.25, -0.2) is 0 Å². The van der Waals surface area contributed by atoms with E-state index in [1.807, 2.05) is 6.07 Å². The molecule has 1 fully saturated rings. The molecule has 0 saturated heterocycles. The molecule has 6 nitrogen and oxygen atoms in total. The summed E-state index contributed by atoms with van der Waals surface area (Å²) >= 11 is 0. The third-order valence-corrected chi connectivity index (χ3v) is 4.49. The largest absolute Gasteiger partial charge is 0.451 e. The van der Waals surface area contributed by atoms with Crippen molar-refractivity contribution >= 4 is 13.3 Å². The van der Waals surface area contributed by atoms with Gasteiger partial charge in [-0.15, -0.1) is 0 Å². The zero-order valence-corrected chi connectivity index (χ0v) is 13.9. The van der Waals surface area contributed by atoms with Crippen LogP contribution in [0.15, 0.2) is 30.3 Å². The first-order valence-electron chi connectivity index (χ1n) is 8.42. The summed E-state index contributed by atoms with van der Waals surface area (Å²) in [6, 6.07) is 10.7. The average Bonchev–Trinajstić information content (AvgIpc) is 2.89. The van der Waals surface area contributed by atoms with Crippen LogP contribution in [0.5, 0.6) is 0 Å². The molecule has 0 unspecified atom stereocenters. The molecular formula is C17H27BN2O4. The summed E-state index contributed by atoms with van der Waals surface area (Å²) in [4.78, 5) is 16.2. The van der Waals surface area contributed by atoms with E-state index in [-0.39, 0.29) is 12.2 Å². The number of nitrogens with two attached hydrogens (primary N) is 1. The van der Waals surface area contributed by atoms with Gasteiger partial charge in [-0.3, -0.25) is 0 Å². The summed E-state index contributed by atoms with van der Waals surface area (Å²) in [6.45, 7) is 1.93. The number of benzene rings is 1. The molecule has 2 rings (SSSR count). The Kier molecular flexibility index (Phi) is 10.2. The second kappa shape index (κ2) is 12.0. The monoisotopic (exact) mass is 334 g/mol. The molecule has 0 bridgehead atoms. The molecule has 1 aromatic carbocycles. The van der Waals surface area contributed by atoms with Crippen molar-refractivity contribution in [1.29, 1.82) is 0 Å².